The summed E-state index contributed by atoms with van der Waals surface area (Å²) in [6, 6.07) is 11.2. The first-order valence-electron chi connectivity index (χ1n) is 8.36. The average molecular weight is 343 g/mol. The van der Waals surface area contributed by atoms with E-state index >= 15 is 0 Å². The van der Waals surface area contributed by atoms with Crippen molar-refractivity contribution in [1.82, 2.24) is 10.3 Å². The average Bonchev–Trinajstić information content (AvgIpc) is 2.60. The molecule has 0 saturated carbocycles. The molecule has 0 atom stereocenters. The number of hydrogen-bond acceptors (Lipinski definition) is 5. The Hall–Kier alpha value is -2.60. The fourth-order valence-corrected chi connectivity index (χ4v) is 2.19. The molecule has 2 aromatic rings. The van der Waals surface area contributed by atoms with Crippen LogP contribution in [0.3, 0.4) is 0 Å². The maximum atomic E-state index is 12.0. The molecule has 6 heteroatoms. The highest BCUT2D eigenvalue weighted by Gasteiger charge is 2.08. The molecule has 1 aromatic heterocycles. The fourth-order valence-electron chi connectivity index (χ4n) is 2.19. The molecular weight excluding hydrogens is 318 g/mol. The Bertz CT molecular complexity index is 672. The molecule has 134 valence electrons. The quantitative estimate of drug-likeness (QED) is 0.683. The first-order valence-corrected chi connectivity index (χ1v) is 8.36. The van der Waals surface area contributed by atoms with Gasteiger partial charge in [-0.15, -0.1) is 0 Å². The molecule has 1 heterocycles. The summed E-state index contributed by atoms with van der Waals surface area (Å²) in [4.78, 5) is 16.3. The van der Waals surface area contributed by atoms with Gasteiger partial charge in [-0.25, -0.2) is 4.98 Å². The van der Waals surface area contributed by atoms with E-state index < -0.39 is 0 Å². The van der Waals surface area contributed by atoms with Crippen LogP contribution in [-0.2, 0) is 4.74 Å². The van der Waals surface area contributed by atoms with Crippen LogP contribution < -0.4 is 15.4 Å². The first kappa shape index (κ1) is 18.7. The van der Waals surface area contributed by atoms with Crippen LogP contribution >= 0.6 is 0 Å². The Morgan fingerprint density at radius 2 is 2.00 bits per heavy atom. The Morgan fingerprint density at radius 1 is 1.20 bits per heavy atom. The summed E-state index contributed by atoms with van der Waals surface area (Å²) in [5, 5.41) is 6.05. The minimum Gasteiger partial charge on any atom is -0.489 e. The van der Waals surface area contributed by atoms with Crippen molar-refractivity contribution in [3.63, 3.8) is 0 Å². The van der Waals surface area contributed by atoms with Gasteiger partial charge in [-0.2, -0.15) is 0 Å². The summed E-state index contributed by atoms with van der Waals surface area (Å²) in [5.41, 5.74) is 1.36. The lowest BCUT2D eigenvalue weighted by molar-refractivity contribution is 0.0948. The number of anilines is 2. The van der Waals surface area contributed by atoms with Crippen molar-refractivity contribution in [3.8, 4) is 5.75 Å². The molecule has 0 bridgehead atoms. The molecule has 6 nitrogen and oxygen atoms in total. The molecular formula is C19H25N3O3. The molecule has 0 spiro atoms. The summed E-state index contributed by atoms with van der Waals surface area (Å²) < 4.78 is 10.7. The van der Waals surface area contributed by atoms with Gasteiger partial charge in [0.2, 0.25) is 0 Å². The second-order valence-corrected chi connectivity index (χ2v) is 5.82. The summed E-state index contributed by atoms with van der Waals surface area (Å²) >= 11 is 0. The minimum atomic E-state index is -0.140. The number of benzene rings is 1. The van der Waals surface area contributed by atoms with Gasteiger partial charge in [-0.05, 0) is 44.5 Å². The Labute approximate surface area is 148 Å². The minimum absolute atomic E-state index is 0.0834. The van der Waals surface area contributed by atoms with Crippen molar-refractivity contribution in [2.24, 2.45) is 0 Å². The van der Waals surface area contributed by atoms with Crippen molar-refractivity contribution in [2.75, 3.05) is 25.6 Å². The smallest absolute Gasteiger partial charge is 0.252 e. The van der Waals surface area contributed by atoms with E-state index in [0.29, 0.717) is 24.5 Å². The highest BCUT2D eigenvalue weighted by Crippen LogP contribution is 2.27. The highest BCUT2D eigenvalue weighted by atomic mass is 16.5. The SMILES string of the molecule is COCCCNC(=O)c1ccc(Nc2ccccc2OC(C)C)nc1. The lowest BCUT2D eigenvalue weighted by Gasteiger charge is -2.15. The van der Waals surface area contributed by atoms with E-state index in [2.05, 4.69) is 15.6 Å². The number of amides is 1. The third-order valence-corrected chi connectivity index (χ3v) is 3.35. The summed E-state index contributed by atoms with van der Waals surface area (Å²) in [6.45, 7) is 5.16. The number of pyridine rings is 1. The largest absolute Gasteiger partial charge is 0.489 e. The number of nitrogens with one attached hydrogen (secondary N) is 2. The van der Waals surface area contributed by atoms with Crippen LogP contribution in [0.5, 0.6) is 5.75 Å². The van der Waals surface area contributed by atoms with E-state index in [9.17, 15) is 4.79 Å². The number of aromatic nitrogens is 1. The number of hydrogen-bond donors (Lipinski definition) is 2. The zero-order valence-electron chi connectivity index (χ0n) is 14.9. The van der Waals surface area contributed by atoms with Gasteiger partial charge in [-0.3, -0.25) is 4.79 Å². The van der Waals surface area contributed by atoms with Crippen LogP contribution in [0, 0.1) is 0 Å². The third kappa shape index (κ3) is 6.08. The molecule has 1 amide bonds. The molecule has 25 heavy (non-hydrogen) atoms. The van der Waals surface area contributed by atoms with E-state index in [1.165, 1.54) is 0 Å². The number of rotatable bonds is 9. The summed E-state index contributed by atoms with van der Waals surface area (Å²) in [5.74, 6) is 1.27. The Morgan fingerprint density at radius 3 is 2.68 bits per heavy atom. The van der Waals surface area contributed by atoms with Gasteiger partial charge < -0.3 is 20.1 Å². The summed E-state index contributed by atoms with van der Waals surface area (Å²) in [6.07, 6.45) is 2.42. The molecule has 2 rings (SSSR count). The van der Waals surface area contributed by atoms with Crippen LogP contribution in [0.1, 0.15) is 30.6 Å². The fraction of sp³-hybridized carbons (Fsp3) is 0.368. The zero-order chi connectivity index (χ0) is 18.1. The Balaban J connectivity index is 1.98. The summed E-state index contributed by atoms with van der Waals surface area (Å²) in [7, 11) is 1.64. The number of carbonyl (C=O) groups is 1. The van der Waals surface area contributed by atoms with Crippen molar-refractivity contribution in [2.45, 2.75) is 26.4 Å². The molecule has 0 unspecified atom stereocenters. The van der Waals surface area contributed by atoms with E-state index in [0.717, 1.165) is 17.9 Å². The normalized spacial score (nSPS) is 10.6. The van der Waals surface area contributed by atoms with Crippen LogP contribution in [0.4, 0.5) is 11.5 Å². The van der Waals surface area contributed by atoms with Crippen LogP contribution in [0.15, 0.2) is 42.6 Å². The van der Waals surface area contributed by atoms with Crippen LogP contribution in [0.2, 0.25) is 0 Å². The van der Waals surface area contributed by atoms with E-state index in [1.807, 2.05) is 38.1 Å². The molecule has 0 aliphatic heterocycles. The standard InChI is InChI=1S/C19H25N3O3/c1-14(2)25-17-8-5-4-7-16(17)22-18-10-9-15(13-21-18)19(23)20-11-6-12-24-3/h4-5,7-10,13-14H,6,11-12H2,1-3H3,(H,20,23)(H,21,22). The van der Waals surface area contributed by atoms with Crippen molar-refractivity contribution in [3.05, 3.63) is 48.2 Å². The van der Waals surface area contributed by atoms with Gasteiger partial charge in [0.25, 0.3) is 5.91 Å². The van der Waals surface area contributed by atoms with Crippen molar-refractivity contribution >= 4 is 17.4 Å². The van der Waals surface area contributed by atoms with E-state index in [-0.39, 0.29) is 12.0 Å². The maximum Gasteiger partial charge on any atom is 0.252 e. The van der Waals surface area contributed by atoms with Gasteiger partial charge >= 0.3 is 0 Å². The lowest BCUT2D eigenvalue weighted by Crippen LogP contribution is -2.25. The van der Waals surface area contributed by atoms with Gasteiger partial charge in [0.1, 0.15) is 11.6 Å². The van der Waals surface area contributed by atoms with Crippen LogP contribution in [-0.4, -0.2) is 37.3 Å². The molecule has 0 radical (unpaired) electrons. The second kappa shape index (κ2) is 9.64. The molecule has 0 saturated heterocycles. The van der Waals surface area contributed by atoms with Crippen molar-refractivity contribution < 1.29 is 14.3 Å². The van der Waals surface area contributed by atoms with Crippen molar-refractivity contribution in [1.29, 1.82) is 0 Å². The number of carbonyl (C=O) groups excluding carboxylic acids is 1. The number of ether oxygens (including phenoxy) is 2. The zero-order valence-corrected chi connectivity index (χ0v) is 14.9. The van der Waals surface area contributed by atoms with E-state index in [4.69, 9.17) is 9.47 Å². The predicted octanol–water partition coefficient (Wildman–Crippen LogP) is 3.38. The Kier molecular flexibility index (Phi) is 7.22. The highest BCUT2D eigenvalue weighted by molar-refractivity contribution is 5.94. The molecule has 0 fully saturated rings. The second-order valence-electron chi connectivity index (χ2n) is 5.82. The molecule has 0 aliphatic carbocycles. The number of para-hydroxylation sites is 2. The maximum absolute atomic E-state index is 12.0. The third-order valence-electron chi connectivity index (χ3n) is 3.35. The molecule has 2 N–H and O–H groups in total. The first-order chi connectivity index (χ1) is 12.1. The predicted molar refractivity (Wildman–Crippen MR) is 98.6 cm³/mol. The lowest BCUT2D eigenvalue weighted by atomic mass is 10.2. The van der Waals surface area contributed by atoms with Gasteiger partial charge in [0, 0.05) is 26.5 Å². The monoisotopic (exact) mass is 343 g/mol. The van der Waals surface area contributed by atoms with Gasteiger partial charge in [0.05, 0.1) is 17.4 Å². The van der Waals surface area contributed by atoms with Gasteiger partial charge in [-0.1, -0.05) is 12.1 Å². The van der Waals surface area contributed by atoms with Gasteiger partial charge in [0.15, 0.2) is 0 Å². The molecule has 0 aliphatic rings. The van der Waals surface area contributed by atoms with Crippen LogP contribution in [0.25, 0.3) is 0 Å². The topological polar surface area (TPSA) is 72.5 Å². The molecule has 1 aromatic carbocycles. The number of methoxy groups -OCH3 is 1. The number of nitrogens with zero attached hydrogens (tertiary/aromatic N) is 1. The van der Waals surface area contributed by atoms with E-state index in [1.54, 1.807) is 25.4 Å².